The number of hydrogen-bond donors (Lipinski definition) is 0. The molecule has 8 heteroatoms. The van der Waals surface area contributed by atoms with Gasteiger partial charge >= 0.3 is 12.1 Å². The predicted octanol–water partition coefficient (Wildman–Crippen LogP) is 6.54. The summed E-state index contributed by atoms with van der Waals surface area (Å²) in [7, 11) is 0. The van der Waals surface area contributed by atoms with Gasteiger partial charge < -0.3 is 9.47 Å². The number of carbonyl (C=O) groups is 1. The van der Waals surface area contributed by atoms with Gasteiger partial charge in [0, 0.05) is 5.56 Å². The Balaban J connectivity index is 1.72. The van der Waals surface area contributed by atoms with E-state index in [4.69, 9.17) is 21.1 Å². The number of rotatable bonds is 6. The van der Waals surface area contributed by atoms with Gasteiger partial charge in [0.2, 0.25) is 6.10 Å². The van der Waals surface area contributed by atoms with E-state index in [2.05, 4.69) is 0 Å². The monoisotopic (exact) mass is 449 g/mol. The zero-order valence-corrected chi connectivity index (χ0v) is 17.4. The van der Waals surface area contributed by atoms with Gasteiger partial charge in [-0.2, -0.15) is 18.4 Å². The van der Waals surface area contributed by atoms with Crippen molar-refractivity contribution < 1.29 is 27.4 Å². The molecular formula is C23H19ClF3NO3. The van der Waals surface area contributed by atoms with Crippen LogP contribution in [0.1, 0.15) is 25.5 Å². The first-order valence-electron chi connectivity index (χ1n) is 9.41. The van der Waals surface area contributed by atoms with Crippen molar-refractivity contribution in [2.24, 2.45) is 17.3 Å². The molecule has 31 heavy (non-hydrogen) atoms. The number of benzene rings is 2. The van der Waals surface area contributed by atoms with E-state index in [9.17, 15) is 23.2 Å². The van der Waals surface area contributed by atoms with Gasteiger partial charge in [-0.3, -0.25) is 4.79 Å². The molecule has 1 unspecified atom stereocenters. The summed E-state index contributed by atoms with van der Waals surface area (Å²) in [6.45, 7) is 3.30. The average molecular weight is 450 g/mol. The number of halogens is 4. The van der Waals surface area contributed by atoms with E-state index in [-0.39, 0.29) is 0 Å². The zero-order chi connectivity index (χ0) is 22.8. The lowest BCUT2D eigenvalue weighted by Gasteiger charge is -2.13. The Morgan fingerprint density at radius 3 is 2.42 bits per heavy atom. The second-order valence-corrected chi connectivity index (χ2v) is 8.18. The minimum Gasteiger partial charge on any atom is -0.457 e. The van der Waals surface area contributed by atoms with Gasteiger partial charge in [0.25, 0.3) is 0 Å². The molecule has 2 aromatic carbocycles. The lowest BCUT2D eigenvalue weighted by atomic mass is 10.1. The fourth-order valence-corrected chi connectivity index (χ4v) is 3.55. The molecular weight excluding hydrogens is 431 g/mol. The number of carbonyl (C=O) groups excluding carboxylic acids is 1. The fourth-order valence-electron chi connectivity index (χ4n) is 3.42. The minimum atomic E-state index is -4.68. The highest BCUT2D eigenvalue weighted by atomic mass is 35.5. The molecule has 0 N–H and O–H groups in total. The molecule has 1 fully saturated rings. The molecule has 1 aliphatic carbocycles. The van der Waals surface area contributed by atoms with Crippen molar-refractivity contribution in [3.63, 3.8) is 0 Å². The summed E-state index contributed by atoms with van der Waals surface area (Å²) in [6.07, 6.45) is -5.07. The molecule has 0 bridgehead atoms. The Hall–Kier alpha value is -2.98. The SMILES string of the molecule is CC1(C)[C@H](/C=C(/Cl)C(F)(F)F)[C@@H]1C(=O)OC(C#N)c1cccc(Oc2ccccc2)c1. The Labute approximate surface area is 182 Å². The first kappa shape index (κ1) is 22.7. The number of para-hydroxylation sites is 1. The molecule has 4 nitrogen and oxygen atoms in total. The van der Waals surface area contributed by atoms with Crippen molar-refractivity contribution in [1.29, 1.82) is 5.26 Å². The predicted molar refractivity (Wildman–Crippen MR) is 108 cm³/mol. The molecule has 3 atom stereocenters. The molecule has 0 heterocycles. The Bertz CT molecular complexity index is 1030. The first-order valence-corrected chi connectivity index (χ1v) is 9.79. The zero-order valence-electron chi connectivity index (χ0n) is 16.7. The van der Waals surface area contributed by atoms with E-state index in [0.29, 0.717) is 17.1 Å². The maximum Gasteiger partial charge on any atom is 0.426 e. The quantitative estimate of drug-likeness (QED) is 0.469. The van der Waals surface area contributed by atoms with Crippen LogP contribution < -0.4 is 4.74 Å². The molecule has 1 aliphatic rings. The van der Waals surface area contributed by atoms with Gasteiger partial charge in [0.15, 0.2) is 0 Å². The van der Waals surface area contributed by atoms with Crippen LogP contribution in [-0.4, -0.2) is 12.1 Å². The molecule has 0 aromatic heterocycles. The van der Waals surface area contributed by atoms with Crippen LogP contribution in [0.5, 0.6) is 11.5 Å². The molecule has 0 saturated heterocycles. The maximum absolute atomic E-state index is 12.7. The molecule has 3 rings (SSSR count). The van der Waals surface area contributed by atoms with Crippen LogP contribution in [0.2, 0.25) is 0 Å². The summed E-state index contributed by atoms with van der Waals surface area (Å²) in [5, 5.41) is 8.23. The first-order chi connectivity index (χ1) is 14.5. The highest BCUT2D eigenvalue weighted by Gasteiger charge is 2.62. The van der Waals surface area contributed by atoms with Crippen LogP contribution >= 0.6 is 11.6 Å². The summed E-state index contributed by atoms with van der Waals surface area (Å²) in [4.78, 5) is 12.6. The second kappa shape index (κ2) is 8.64. The third-order valence-corrected chi connectivity index (χ3v) is 5.59. The van der Waals surface area contributed by atoms with Crippen LogP contribution in [0.4, 0.5) is 13.2 Å². The van der Waals surface area contributed by atoms with Crippen molar-refractivity contribution in [3.8, 4) is 17.6 Å². The molecule has 2 aromatic rings. The largest absolute Gasteiger partial charge is 0.457 e. The number of ether oxygens (including phenoxy) is 2. The molecule has 0 aliphatic heterocycles. The van der Waals surface area contributed by atoms with E-state index in [1.807, 2.05) is 24.3 Å². The van der Waals surface area contributed by atoms with Crippen LogP contribution in [0.3, 0.4) is 0 Å². The van der Waals surface area contributed by atoms with E-state index in [1.54, 1.807) is 50.2 Å². The van der Waals surface area contributed by atoms with Crippen molar-refractivity contribution in [3.05, 3.63) is 71.3 Å². The third-order valence-electron chi connectivity index (χ3n) is 5.25. The summed E-state index contributed by atoms with van der Waals surface area (Å²) in [6, 6.07) is 17.4. The van der Waals surface area contributed by atoms with E-state index >= 15 is 0 Å². The van der Waals surface area contributed by atoms with Crippen molar-refractivity contribution in [2.75, 3.05) is 0 Å². The van der Waals surface area contributed by atoms with Gasteiger partial charge in [-0.05, 0) is 35.6 Å². The molecule has 0 amide bonds. The topological polar surface area (TPSA) is 59.3 Å². The average Bonchev–Trinajstić information content (AvgIpc) is 3.26. The van der Waals surface area contributed by atoms with E-state index in [0.717, 1.165) is 6.08 Å². The van der Waals surface area contributed by atoms with Gasteiger partial charge in [0.05, 0.1) is 5.92 Å². The fraction of sp³-hybridized carbons (Fsp3) is 0.304. The van der Waals surface area contributed by atoms with E-state index < -0.39 is 40.5 Å². The highest BCUT2D eigenvalue weighted by Crippen LogP contribution is 2.60. The molecule has 162 valence electrons. The number of hydrogen-bond acceptors (Lipinski definition) is 4. The summed E-state index contributed by atoms with van der Waals surface area (Å²) in [5.74, 6) is -1.27. The lowest BCUT2D eigenvalue weighted by Crippen LogP contribution is -2.14. The van der Waals surface area contributed by atoms with Crippen LogP contribution in [0.25, 0.3) is 0 Å². The Morgan fingerprint density at radius 1 is 1.16 bits per heavy atom. The molecule has 1 saturated carbocycles. The summed E-state index contributed by atoms with van der Waals surface area (Å²) < 4.78 is 49.2. The van der Waals surface area contributed by atoms with Crippen LogP contribution in [0.15, 0.2) is 65.7 Å². The van der Waals surface area contributed by atoms with Gasteiger partial charge in [0.1, 0.15) is 22.6 Å². The summed E-state index contributed by atoms with van der Waals surface area (Å²) >= 11 is 5.32. The smallest absolute Gasteiger partial charge is 0.426 e. The van der Waals surface area contributed by atoms with Crippen molar-refractivity contribution >= 4 is 17.6 Å². The lowest BCUT2D eigenvalue weighted by molar-refractivity contribution is -0.149. The number of nitrogens with zero attached hydrogens (tertiary/aromatic N) is 1. The number of esters is 1. The number of alkyl halides is 3. The number of nitriles is 1. The molecule has 0 spiro atoms. The van der Waals surface area contributed by atoms with Crippen molar-refractivity contribution in [2.45, 2.75) is 26.1 Å². The van der Waals surface area contributed by atoms with Crippen molar-refractivity contribution in [1.82, 2.24) is 0 Å². The molecule has 0 radical (unpaired) electrons. The standard InChI is InChI=1S/C23H19ClF3NO3/c1-22(2)17(12-19(24)23(25,26)27)20(22)21(29)31-18(13-28)14-7-6-10-16(11-14)30-15-8-4-3-5-9-15/h3-12,17-18,20H,1-2H3/b19-12+/t17-,18?,20-/m1/s1. The summed E-state index contributed by atoms with van der Waals surface area (Å²) in [5.41, 5.74) is -0.371. The minimum absolute atomic E-state index is 0.392. The normalized spacial score (nSPS) is 21.0. The maximum atomic E-state index is 12.7. The van der Waals surface area contributed by atoms with Gasteiger partial charge in [-0.1, -0.05) is 61.9 Å². The van der Waals surface area contributed by atoms with Gasteiger partial charge in [-0.25, -0.2) is 0 Å². The van der Waals surface area contributed by atoms with Crippen LogP contribution in [0, 0.1) is 28.6 Å². The number of allylic oxidation sites excluding steroid dienone is 2. The van der Waals surface area contributed by atoms with E-state index in [1.165, 1.54) is 0 Å². The second-order valence-electron chi connectivity index (χ2n) is 7.77. The Morgan fingerprint density at radius 2 is 1.81 bits per heavy atom. The highest BCUT2D eigenvalue weighted by molar-refractivity contribution is 6.30. The van der Waals surface area contributed by atoms with Crippen LogP contribution in [-0.2, 0) is 9.53 Å². The van der Waals surface area contributed by atoms with Gasteiger partial charge in [-0.15, -0.1) is 0 Å². The Kier molecular flexibility index (Phi) is 6.33. The third kappa shape index (κ3) is 5.20.